The molecule has 0 bridgehead atoms. The van der Waals surface area contributed by atoms with Crippen molar-refractivity contribution in [2.45, 2.75) is 26.8 Å². The van der Waals surface area contributed by atoms with Crippen molar-refractivity contribution < 1.29 is 9.90 Å². The molecule has 1 atom stereocenters. The van der Waals surface area contributed by atoms with Crippen LogP contribution in [0.4, 0.5) is 0 Å². The molecule has 0 aliphatic rings. The number of aromatic nitrogens is 1. The highest BCUT2D eigenvalue weighted by molar-refractivity contribution is 5.86. The van der Waals surface area contributed by atoms with Crippen molar-refractivity contribution in [3.05, 3.63) is 29.6 Å². The van der Waals surface area contributed by atoms with Crippen molar-refractivity contribution in [3.8, 4) is 0 Å². The van der Waals surface area contributed by atoms with Crippen molar-refractivity contribution in [2.24, 2.45) is 5.92 Å². The van der Waals surface area contributed by atoms with Gasteiger partial charge < -0.3 is 10.0 Å². The summed E-state index contributed by atoms with van der Waals surface area (Å²) in [5.41, 5.74) is 0.925. The van der Waals surface area contributed by atoms with Gasteiger partial charge in [0.05, 0.1) is 0 Å². The van der Waals surface area contributed by atoms with Gasteiger partial charge >= 0.3 is 5.97 Å². The third-order valence-corrected chi connectivity index (χ3v) is 2.85. The summed E-state index contributed by atoms with van der Waals surface area (Å²) < 4.78 is 0. The lowest BCUT2D eigenvalue weighted by Gasteiger charge is -2.20. The predicted octanol–water partition coefficient (Wildman–Crippen LogP) is 2.26. The Morgan fingerprint density at radius 1 is 1.59 bits per heavy atom. The number of rotatable bonds is 6. The average molecular weight is 236 g/mol. The van der Waals surface area contributed by atoms with Gasteiger partial charge in [-0.25, -0.2) is 9.78 Å². The minimum absolute atomic E-state index is 0.156. The van der Waals surface area contributed by atoms with E-state index in [0.717, 1.165) is 18.5 Å². The molecular weight excluding hydrogens is 216 g/mol. The van der Waals surface area contributed by atoms with Crippen molar-refractivity contribution in [1.29, 1.82) is 0 Å². The highest BCUT2D eigenvalue weighted by atomic mass is 16.4. The largest absolute Gasteiger partial charge is 0.477 e. The number of aromatic carboxylic acids is 1. The molecule has 0 aromatic carbocycles. The molecule has 0 radical (unpaired) electrons. The van der Waals surface area contributed by atoms with Gasteiger partial charge in [-0.3, -0.25) is 0 Å². The number of carbonyl (C=O) groups is 1. The molecule has 1 aromatic heterocycles. The van der Waals surface area contributed by atoms with Crippen molar-refractivity contribution in [3.63, 3.8) is 0 Å². The zero-order chi connectivity index (χ0) is 12.8. The fraction of sp³-hybridized carbons (Fsp3) is 0.538. The molecule has 1 N–H and O–H groups in total. The monoisotopic (exact) mass is 236 g/mol. The smallest absolute Gasteiger partial charge is 0.354 e. The van der Waals surface area contributed by atoms with Crippen LogP contribution in [0.1, 0.15) is 36.3 Å². The number of carboxylic acids is 1. The Labute approximate surface area is 102 Å². The van der Waals surface area contributed by atoms with Gasteiger partial charge in [0, 0.05) is 19.3 Å². The Hall–Kier alpha value is -1.42. The molecule has 0 aliphatic carbocycles. The zero-order valence-electron chi connectivity index (χ0n) is 10.7. The summed E-state index contributed by atoms with van der Waals surface area (Å²) >= 11 is 0. The third kappa shape index (κ3) is 4.15. The molecular formula is C13H20N2O2. The summed E-state index contributed by atoms with van der Waals surface area (Å²) in [6.07, 6.45) is 2.64. The molecule has 0 aliphatic heterocycles. The molecule has 0 saturated heterocycles. The van der Waals surface area contributed by atoms with Gasteiger partial charge in [0.25, 0.3) is 0 Å². The lowest BCUT2D eigenvalue weighted by Crippen LogP contribution is -2.25. The molecule has 0 saturated carbocycles. The van der Waals surface area contributed by atoms with E-state index in [9.17, 15) is 4.79 Å². The first-order chi connectivity index (χ1) is 8.04. The van der Waals surface area contributed by atoms with Crippen LogP contribution >= 0.6 is 0 Å². The lowest BCUT2D eigenvalue weighted by molar-refractivity contribution is 0.0688. The van der Waals surface area contributed by atoms with Crippen molar-refractivity contribution in [2.75, 3.05) is 13.6 Å². The maximum absolute atomic E-state index is 11.0. The molecule has 0 amide bonds. The van der Waals surface area contributed by atoms with Crippen LogP contribution in [0, 0.1) is 5.92 Å². The second-order valence-electron chi connectivity index (χ2n) is 4.53. The predicted molar refractivity (Wildman–Crippen MR) is 67.0 cm³/mol. The molecule has 4 nitrogen and oxygen atoms in total. The molecule has 17 heavy (non-hydrogen) atoms. The van der Waals surface area contributed by atoms with Crippen LogP contribution in [-0.4, -0.2) is 34.6 Å². The van der Waals surface area contributed by atoms with E-state index in [4.69, 9.17) is 5.11 Å². The summed E-state index contributed by atoms with van der Waals surface area (Å²) in [6.45, 7) is 5.94. The van der Waals surface area contributed by atoms with Crippen molar-refractivity contribution >= 4 is 5.97 Å². The minimum atomic E-state index is -0.961. The van der Waals surface area contributed by atoms with Crippen LogP contribution in [0.2, 0.25) is 0 Å². The van der Waals surface area contributed by atoms with Crippen LogP contribution in [0.25, 0.3) is 0 Å². The van der Waals surface area contributed by atoms with Crippen molar-refractivity contribution in [1.82, 2.24) is 9.88 Å². The quantitative estimate of drug-likeness (QED) is 0.823. The van der Waals surface area contributed by atoms with E-state index < -0.39 is 5.97 Å². The van der Waals surface area contributed by atoms with E-state index in [2.05, 4.69) is 23.7 Å². The zero-order valence-corrected chi connectivity index (χ0v) is 10.7. The van der Waals surface area contributed by atoms with Gasteiger partial charge in [-0.2, -0.15) is 0 Å². The molecule has 1 unspecified atom stereocenters. The SMILES string of the molecule is CCC(C)CN(C)Cc1cccnc1C(=O)O. The lowest BCUT2D eigenvalue weighted by atomic mass is 10.1. The van der Waals surface area contributed by atoms with Gasteiger partial charge in [0.15, 0.2) is 5.69 Å². The van der Waals surface area contributed by atoms with E-state index in [-0.39, 0.29) is 5.69 Å². The van der Waals surface area contributed by atoms with E-state index >= 15 is 0 Å². The molecule has 94 valence electrons. The number of hydrogen-bond acceptors (Lipinski definition) is 3. The summed E-state index contributed by atoms with van der Waals surface area (Å²) in [5.74, 6) is -0.345. The first kappa shape index (κ1) is 13.6. The number of pyridine rings is 1. The Morgan fingerprint density at radius 3 is 2.88 bits per heavy atom. The van der Waals surface area contributed by atoms with E-state index in [1.807, 2.05) is 13.1 Å². The van der Waals surface area contributed by atoms with Gasteiger partial charge in [0.1, 0.15) is 0 Å². The number of hydrogen-bond donors (Lipinski definition) is 1. The third-order valence-electron chi connectivity index (χ3n) is 2.85. The highest BCUT2D eigenvalue weighted by Gasteiger charge is 2.13. The topological polar surface area (TPSA) is 53.4 Å². The number of nitrogens with zero attached hydrogens (tertiary/aromatic N) is 2. The van der Waals surface area contributed by atoms with Crippen LogP contribution in [0.3, 0.4) is 0 Å². The normalized spacial score (nSPS) is 12.7. The minimum Gasteiger partial charge on any atom is -0.477 e. The Morgan fingerprint density at radius 2 is 2.29 bits per heavy atom. The molecule has 1 heterocycles. The van der Waals surface area contributed by atoms with Crippen LogP contribution < -0.4 is 0 Å². The molecule has 4 heteroatoms. The average Bonchev–Trinajstić information content (AvgIpc) is 2.29. The van der Waals surface area contributed by atoms with Gasteiger partial charge in [-0.15, -0.1) is 0 Å². The maximum Gasteiger partial charge on any atom is 0.354 e. The molecule has 0 spiro atoms. The summed E-state index contributed by atoms with van der Waals surface area (Å²) in [4.78, 5) is 17.0. The van der Waals surface area contributed by atoms with Crippen LogP contribution in [-0.2, 0) is 6.54 Å². The van der Waals surface area contributed by atoms with E-state index in [0.29, 0.717) is 12.5 Å². The van der Waals surface area contributed by atoms with Gasteiger partial charge in [-0.1, -0.05) is 26.3 Å². The first-order valence-electron chi connectivity index (χ1n) is 5.90. The summed E-state index contributed by atoms with van der Waals surface area (Å²) in [6, 6.07) is 3.60. The second-order valence-corrected chi connectivity index (χ2v) is 4.53. The molecule has 1 rings (SSSR count). The Kier molecular flexibility index (Phi) is 5.10. The van der Waals surface area contributed by atoms with Gasteiger partial charge in [0.2, 0.25) is 0 Å². The fourth-order valence-corrected chi connectivity index (χ4v) is 1.78. The Balaban J connectivity index is 2.71. The summed E-state index contributed by atoms with van der Waals surface area (Å²) in [5, 5.41) is 9.03. The fourth-order valence-electron chi connectivity index (χ4n) is 1.78. The molecule has 1 aromatic rings. The summed E-state index contributed by atoms with van der Waals surface area (Å²) in [7, 11) is 2.00. The molecule has 0 fully saturated rings. The number of carboxylic acid groups (broad SMARTS) is 1. The maximum atomic E-state index is 11.0. The van der Waals surface area contributed by atoms with E-state index in [1.165, 1.54) is 6.20 Å². The first-order valence-corrected chi connectivity index (χ1v) is 5.90. The standard InChI is InChI=1S/C13H20N2O2/c1-4-10(2)8-15(3)9-11-6-5-7-14-12(11)13(16)17/h5-7,10H,4,8-9H2,1-3H3,(H,16,17). The Bertz CT molecular complexity index is 379. The van der Waals surface area contributed by atoms with Crippen LogP contribution in [0.5, 0.6) is 0 Å². The highest BCUT2D eigenvalue weighted by Crippen LogP contribution is 2.10. The second kappa shape index (κ2) is 6.35. The van der Waals surface area contributed by atoms with E-state index in [1.54, 1.807) is 6.07 Å². The van der Waals surface area contributed by atoms with Crippen LogP contribution in [0.15, 0.2) is 18.3 Å². The van der Waals surface area contributed by atoms with Gasteiger partial charge in [-0.05, 0) is 24.6 Å².